The van der Waals surface area contributed by atoms with E-state index in [0.29, 0.717) is 12.0 Å². The summed E-state index contributed by atoms with van der Waals surface area (Å²) >= 11 is 3.34. The van der Waals surface area contributed by atoms with Gasteiger partial charge in [0.05, 0.1) is 12.1 Å². The number of hydrogen-bond donors (Lipinski definition) is 2. The van der Waals surface area contributed by atoms with Gasteiger partial charge in [0, 0.05) is 25.9 Å². The lowest BCUT2D eigenvalue weighted by molar-refractivity contribution is 0.157. The fourth-order valence-corrected chi connectivity index (χ4v) is 4.43. The SMILES string of the molecule is CN(C)c1nnc(SCC(CO)(NC2CC2)C2CC2)s1. The fourth-order valence-electron chi connectivity index (χ4n) is 2.40. The Morgan fingerprint density at radius 2 is 2.10 bits per heavy atom. The molecule has 2 N–H and O–H groups in total. The Bertz CT molecular complexity index is 459. The fraction of sp³-hybridized carbons (Fsp3) is 0.846. The van der Waals surface area contributed by atoms with Crippen molar-refractivity contribution in [3.05, 3.63) is 0 Å². The number of aliphatic hydroxyl groups is 1. The zero-order valence-corrected chi connectivity index (χ0v) is 13.6. The van der Waals surface area contributed by atoms with Crippen LogP contribution >= 0.6 is 23.1 Å². The van der Waals surface area contributed by atoms with Gasteiger partial charge in [-0.25, -0.2) is 0 Å². The van der Waals surface area contributed by atoms with E-state index in [2.05, 4.69) is 15.5 Å². The normalized spacial score (nSPS) is 21.8. The van der Waals surface area contributed by atoms with Crippen molar-refractivity contribution < 1.29 is 5.11 Å². The molecular formula is C13H22N4OS2. The molecule has 0 radical (unpaired) electrons. The first-order chi connectivity index (χ1) is 9.63. The molecule has 2 saturated carbocycles. The van der Waals surface area contributed by atoms with E-state index in [-0.39, 0.29) is 12.1 Å². The van der Waals surface area contributed by atoms with Crippen molar-refractivity contribution in [3.63, 3.8) is 0 Å². The second-order valence-corrected chi connectivity index (χ2v) is 8.22. The van der Waals surface area contributed by atoms with E-state index < -0.39 is 0 Å². The maximum absolute atomic E-state index is 9.92. The van der Waals surface area contributed by atoms with Crippen LogP contribution in [0.2, 0.25) is 0 Å². The van der Waals surface area contributed by atoms with E-state index in [1.54, 1.807) is 23.1 Å². The van der Waals surface area contributed by atoms with Gasteiger partial charge in [-0.3, -0.25) is 0 Å². The highest BCUT2D eigenvalue weighted by Gasteiger charge is 2.47. The lowest BCUT2D eigenvalue weighted by Gasteiger charge is -2.33. The predicted molar refractivity (Wildman–Crippen MR) is 83.7 cm³/mol. The van der Waals surface area contributed by atoms with E-state index in [0.717, 1.165) is 15.2 Å². The average Bonchev–Trinajstić information content (AvgIpc) is 3.34. The number of aliphatic hydroxyl groups excluding tert-OH is 1. The summed E-state index contributed by atoms with van der Waals surface area (Å²) in [6.45, 7) is 0.223. The highest BCUT2D eigenvalue weighted by molar-refractivity contribution is 8.01. The van der Waals surface area contributed by atoms with E-state index in [1.165, 1.54) is 25.7 Å². The van der Waals surface area contributed by atoms with Crippen molar-refractivity contribution in [3.8, 4) is 0 Å². The molecule has 112 valence electrons. The van der Waals surface area contributed by atoms with Crippen molar-refractivity contribution in [1.29, 1.82) is 0 Å². The van der Waals surface area contributed by atoms with Crippen LogP contribution in [0.4, 0.5) is 5.13 Å². The Morgan fingerprint density at radius 3 is 2.60 bits per heavy atom. The first-order valence-electron chi connectivity index (χ1n) is 7.15. The first kappa shape index (κ1) is 14.6. The maximum atomic E-state index is 9.92. The van der Waals surface area contributed by atoms with Crippen LogP contribution in [0.15, 0.2) is 4.34 Å². The minimum Gasteiger partial charge on any atom is -0.394 e. The van der Waals surface area contributed by atoms with Crippen molar-refractivity contribution in [2.75, 3.05) is 31.4 Å². The minimum absolute atomic E-state index is 0.115. The highest BCUT2D eigenvalue weighted by Crippen LogP contribution is 2.44. The smallest absolute Gasteiger partial charge is 0.208 e. The number of anilines is 1. The second-order valence-electron chi connectivity index (χ2n) is 6.04. The van der Waals surface area contributed by atoms with Gasteiger partial charge in [-0.15, -0.1) is 10.2 Å². The zero-order valence-electron chi connectivity index (χ0n) is 12.0. The summed E-state index contributed by atoms with van der Waals surface area (Å²) in [6.07, 6.45) is 4.98. The van der Waals surface area contributed by atoms with E-state index in [9.17, 15) is 5.11 Å². The van der Waals surface area contributed by atoms with Crippen molar-refractivity contribution in [2.45, 2.75) is 41.6 Å². The molecule has 1 heterocycles. The highest BCUT2D eigenvalue weighted by atomic mass is 32.2. The maximum Gasteiger partial charge on any atom is 0.208 e. The second kappa shape index (κ2) is 5.79. The van der Waals surface area contributed by atoms with Crippen molar-refractivity contribution >= 4 is 28.2 Å². The van der Waals surface area contributed by atoms with E-state index >= 15 is 0 Å². The number of hydrogen-bond acceptors (Lipinski definition) is 7. The van der Waals surface area contributed by atoms with Gasteiger partial charge in [-0.1, -0.05) is 23.1 Å². The number of nitrogens with zero attached hydrogens (tertiary/aromatic N) is 3. The van der Waals surface area contributed by atoms with Gasteiger partial charge in [0.25, 0.3) is 0 Å². The molecule has 3 rings (SSSR count). The van der Waals surface area contributed by atoms with E-state index in [4.69, 9.17) is 0 Å². The lowest BCUT2D eigenvalue weighted by Crippen LogP contribution is -2.53. The van der Waals surface area contributed by atoms with Gasteiger partial charge in [-0.2, -0.15) is 0 Å². The van der Waals surface area contributed by atoms with Crippen LogP contribution in [-0.4, -0.2) is 53.3 Å². The van der Waals surface area contributed by atoms with Gasteiger partial charge in [0.15, 0.2) is 4.34 Å². The third kappa shape index (κ3) is 3.27. The lowest BCUT2D eigenvalue weighted by atomic mass is 9.96. The quantitative estimate of drug-likeness (QED) is 0.711. The van der Waals surface area contributed by atoms with Crippen LogP contribution in [0.5, 0.6) is 0 Å². The first-order valence-corrected chi connectivity index (χ1v) is 8.95. The molecule has 0 amide bonds. The van der Waals surface area contributed by atoms with Crippen molar-refractivity contribution in [1.82, 2.24) is 15.5 Å². The molecule has 20 heavy (non-hydrogen) atoms. The summed E-state index contributed by atoms with van der Waals surface area (Å²) in [5.41, 5.74) is -0.115. The molecule has 0 aliphatic heterocycles. The Morgan fingerprint density at radius 1 is 1.35 bits per heavy atom. The van der Waals surface area contributed by atoms with Crippen LogP contribution in [0.3, 0.4) is 0 Å². The van der Waals surface area contributed by atoms with Gasteiger partial charge < -0.3 is 15.3 Å². The summed E-state index contributed by atoms with van der Waals surface area (Å²) in [6, 6.07) is 0.620. The average molecular weight is 314 g/mol. The van der Waals surface area contributed by atoms with Gasteiger partial charge >= 0.3 is 0 Å². The number of aromatic nitrogens is 2. The molecule has 0 aromatic carbocycles. The molecule has 2 aliphatic carbocycles. The summed E-state index contributed by atoms with van der Waals surface area (Å²) in [4.78, 5) is 1.98. The summed E-state index contributed by atoms with van der Waals surface area (Å²) in [5, 5.41) is 22.9. The van der Waals surface area contributed by atoms with Crippen molar-refractivity contribution in [2.24, 2.45) is 5.92 Å². The van der Waals surface area contributed by atoms with Gasteiger partial charge in [0.2, 0.25) is 5.13 Å². The topological polar surface area (TPSA) is 61.3 Å². The van der Waals surface area contributed by atoms with Crippen LogP contribution < -0.4 is 10.2 Å². The summed E-state index contributed by atoms with van der Waals surface area (Å²) in [5.74, 6) is 1.51. The Kier molecular flexibility index (Phi) is 4.21. The molecular weight excluding hydrogens is 292 g/mol. The van der Waals surface area contributed by atoms with Gasteiger partial charge in [0.1, 0.15) is 0 Å². The molecule has 0 saturated heterocycles. The molecule has 1 aromatic heterocycles. The number of thioether (sulfide) groups is 1. The third-order valence-corrected chi connectivity index (χ3v) is 6.42. The third-order valence-electron chi connectivity index (χ3n) is 3.94. The summed E-state index contributed by atoms with van der Waals surface area (Å²) < 4.78 is 0.991. The minimum atomic E-state index is -0.115. The standard InChI is InChI=1S/C13H22N4OS2/c1-17(2)11-15-16-12(20-11)19-8-13(7-18,9-3-4-9)14-10-5-6-10/h9-10,14,18H,3-8H2,1-2H3. The molecule has 0 spiro atoms. The number of rotatable bonds is 8. The number of nitrogens with one attached hydrogen (secondary N) is 1. The zero-order chi connectivity index (χ0) is 14.2. The van der Waals surface area contributed by atoms with E-state index in [1.807, 2.05) is 19.0 Å². The molecule has 0 bridgehead atoms. The monoisotopic (exact) mass is 314 g/mol. The molecule has 7 heteroatoms. The Balaban J connectivity index is 1.63. The summed E-state index contributed by atoms with van der Waals surface area (Å²) in [7, 11) is 3.96. The molecule has 2 aliphatic rings. The predicted octanol–water partition coefficient (Wildman–Crippen LogP) is 1.59. The molecule has 1 aromatic rings. The molecule has 1 unspecified atom stereocenters. The van der Waals surface area contributed by atoms with Gasteiger partial charge in [-0.05, 0) is 31.6 Å². The van der Waals surface area contributed by atoms with Crippen LogP contribution in [0, 0.1) is 5.92 Å². The van der Waals surface area contributed by atoms with Crippen LogP contribution in [0.25, 0.3) is 0 Å². The molecule has 1 atom stereocenters. The Labute approximate surface area is 128 Å². The largest absolute Gasteiger partial charge is 0.394 e. The molecule has 2 fully saturated rings. The van der Waals surface area contributed by atoms with Crippen LogP contribution in [0.1, 0.15) is 25.7 Å². The molecule has 5 nitrogen and oxygen atoms in total. The van der Waals surface area contributed by atoms with Crippen LogP contribution in [-0.2, 0) is 0 Å². The Hall–Kier alpha value is -0.370.